The van der Waals surface area contributed by atoms with Gasteiger partial charge in [-0.15, -0.1) is 11.3 Å². The van der Waals surface area contributed by atoms with Gasteiger partial charge in [0, 0.05) is 29.1 Å². The molecule has 2 heterocycles. The van der Waals surface area contributed by atoms with Crippen LogP contribution in [-0.2, 0) is 14.3 Å². The van der Waals surface area contributed by atoms with E-state index in [1.807, 2.05) is 64.1 Å². The Hall–Kier alpha value is -4.63. The standard InChI is InChI=1S/C33H32N2O6S/c1-19-7-10-21(11-8-19)31(37)41-22-12-13-23(26(17-22)39-6)24-14-15-25-29(35(5)32(38)33(3,4)34-25)28(24)30(40-18-36)27-16-9-20(2)42-27/h7-18,30,34H,1-6H3. The molecule has 9 heteroatoms. The van der Waals surface area contributed by atoms with Gasteiger partial charge < -0.3 is 24.4 Å². The molecule has 1 N–H and O–H groups in total. The summed E-state index contributed by atoms with van der Waals surface area (Å²) >= 11 is 1.51. The molecule has 0 fully saturated rings. The number of fused-ring (bicyclic) bond motifs is 1. The molecule has 1 aromatic heterocycles. The molecule has 42 heavy (non-hydrogen) atoms. The number of carbonyl (C=O) groups excluding carboxylic acids is 3. The predicted molar refractivity (Wildman–Crippen MR) is 164 cm³/mol. The number of likely N-dealkylation sites (N-methyl/N-ethyl adjacent to an activating group) is 1. The number of esters is 1. The van der Waals surface area contributed by atoms with Gasteiger partial charge in [-0.25, -0.2) is 4.79 Å². The van der Waals surface area contributed by atoms with Crippen molar-refractivity contribution in [3.05, 3.63) is 93.2 Å². The second kappa shape index (κ2) is 11.3. The van der Waals surface area contributed by atoms with Crippen LogP contribution in [0.3, 0.4) is 0 Å². The van der Waals surface area contributed by atoms with Crippen LogP contribution in [0.4, 0.5) is 11.4 Å². The summed E-state index contributed by atoms with van der Waals surface area (Å²) < 4.78 is 17.2. The maximum Gasteiger partial charge on any atom is 0.343 e. The van der Waals surface area contributed by atoms with Crippen LogP contribution in [0.1, 0.15) is 51.2 Å². The van der Waals surface area contributed by atoms with Crippen molar-refractivity contribution in [1.29, 1.82) is 0 Å². The second-order valence-electron chi connectivity index (χ2n) is 10.7. The largest absolute Gasteiger partial charge is 0.496 e. The highest BCUT2D eigenvalue weighted by Crippen LogP contribution is 2.49. The van der Waals surface area contributed by atoms with E-state index in [9.17, 15) is 14.4 Å². The lowest BCUT2D eigenvalue weighted by molar-refractivity contribution is -0.131. The molecular formula is C33H32N2O6S. The molecule has 0 saturated carbocycles. The van der Waals surface area contributed by atoms with Gasteiger partial charge in [0.1, 0.15) is 17.0 Å². The van der Waals surface area contributed by atoms with Crippen molar-refractivity contribution in [2.45, 2.75) is 39.3 Å². The molecule has 3 aromatic carbocycles. The van der Waals surface area contributed by atoms with Crippen LogP contribution in [-0.4, -0.2) is 38.0 Å². The number of benzene rings is 3. The van der Waals surface area contributed by atoms with Crippen LogP contribution in [0.25, 0.3) is 11.1 Å². The molecule has 1 atom stereocenters. The number of carbonyl (C=O) groups is 3. The molecule has 0 radical (unpaired) electrons. The van der Waals surface area contributed by atoms with E-state index in [4.69, 9.17) is 14.2 Å². The van der Waals surface area contributed by atoms with Crippen molar-refractivity contribution in [2.24, 2.45) is 0 Å². The highest BCUT2D eigenvalue weighted by Gasteiger charge is 2.40. The van der Waals surface area contributed by atoms with Gasteiger partial charge in [-0.2, -0.15) is 0 Å². The molecule has 216 valence electrons. The molecule has 1 aliphatic heterocycles. The number of amides is 1. The lowest BCUT2D eigenvalue weighted by Gasteiger charge is -2.40. The second-order valence-corrected chi connectivity index (χ2v) is 12.0. The van der Waals surface area contributed by atoms with Crippen molar-refractivity contribution in [2.75, 3.05) is 24.4 Å². The van der Waals surface area contributed by atoms with Crippen LogP contribution >= 0.6 is 11.3 Å². The predicted octanol–water partition coefficient (Wildman–Crippen LogP) is 6.69. The quantitative estimate of drug-likeness (QED) is 0.140. The average Bonchev–Trinajstić information content (AvgIpc) is 3.40. The number of hydrogen-bond acceptors (Lipinski definition) is 8. The third-order valence-corrected chi connectivity index (χ3v) is 8.32. The van der Waals surface area contributed by atoms with Gasteiger partial charge in [0.25, 0.3) is 12.4 Å². The lowest BCUT2D eigenvalue weighted by Crippen LogP contribution is -2.52. The highest BCUT2D eigenvalue weighted by molar-refractivity contribution is 7.12. The Kier molecular flexibility index (Phi) is 7.79. The van der Waals surface area contributed by atoms with Gasteiger partial charge in [-0.3, -0.25) is 9.59 Å². The van der Waals surface area contributed by atoms with Crippen LogP contribution in [0.15, 0.2) is 66.7 Å². The number of rotatable bonds is 8. The zero-order chi connectivity index (χ0) is 30.2. The van der Waals surface area contributed by atoms with E-state index in [2.05, 4.69) is 5.32 Å². The fourth-order valence-corrected chi connectivity index (χ4v) is 6.15. The van der Waals surface area contributed by atoms with E-state index in [1.165, 1.54) is 18.4 Å². The SMILES string of the molecule is COc1cc(OC(=O)c2ccc(C)cc2)ccc1-c1ccc2c(c1C(OC=O)c1ccc(C)s1)N(C)C(=O)C(C)(C)N2. The number of hydrogen-bond donors (Lipinski definition) is 1. The van der Waals surface area contributed by atoms with Crippen LogP contribution in [0.2, 0.25) is 0 Å². The minimum Gasteiger partial charge on any atom is -0.496 e. The Bertz CT molecular complexity index is 1670. The van der Waals surface area contributed by atoms with Crippen molar-refractivity contribution in [3.8, 4) is 22.6 Å². The van der Waals surface area contributed by atoms with Crippen LogP contribution < -0.4 is 19.7 Å². The van der Waals surface area contributed by atoms with Crippen LogP contribution in [0, 0.1) is 13.8 Å². The Labute approximate surface area is 248 Å². The summed E-state index contributed by atoms with van der Waals surface area (Å²) in [4.78, 5) is 41.5. The zero-order valence-corrected chi connectivity index (χ0v) is 25.1. The fraction of sp³-hybridized carbons (Fsp3) is 0.242. The Balaban J connectivity index is 1.66. The Morgan fingerprint density at radius 3 is 2.36 bits per heavy atom. The van der Waals surface area contributed by atoms with Gasteiger partial charge in [0.15, 0.2) is 6.10 Å². The Morgan fingerprint density at radius 2 is 1.71 bits per heavy atom. The van der Waals surface area contributed by atoms with E-state index in [0.717, 1.165) is 21.0 Å². The van der Waals surface area contributed by atoms with Gasteiger partial charge in [-0.05, 0) is 75.7 Å². The van der Waals surface area contributed by atoms with Gasteiger partial charge in [-0.1, -0.05) is 23.8 Å². The molecule has 8 nitrogen and oxygen atoms in total. The number of nitrogens with zero attached hydrogens (tertiary/aromatic N) is 1. The van der Waals surface area contributed by atoms with E-state index in [1.54, 1.807) is 42.3 Å². The molecule has 1 aliphatic rings. The Morgan fingerprint density at radius 1 is 1.00 bits per heavy atom. The third kappa shape index (κ3) is 5.35. The highest BCUT2D eigenvalue weighted by atomic mass is 32.1. The minimum atomic E-state index is -0.832. The molecule has 0 bridgehead atoms. The summed E-state index contributed by atoms with van der Waals surface area (Å²) in [5.41, 5.74) is 3.97. The fourth-order valence-electron chi connectivity index (χ4n) is 5.22. The van der Waals surface area contributed by atoms with E-state index in [-0.39, 0.29) is 5.91 Å². The third-order valence-electron chi connectivity index (χ3n) is 7.27. The smallest absolute Gasteiger partial charge is 0.343 e. The maximum absolute atomic E-state index is 13.4. The first-order valence-corrected chi connectivity index (χ1v) is 14.2. The normalized spacial score (nSPS) is 14.4. The molecule has 1 amide bonds. The average molecular weight is 585 g/mol. The first-order valence-electron chi connectivity index (χ1n) is 13.4. The van der Waals surface area contributed by atoms with E-state index in [0.29, 0.717) is 45.9 Å². The molecule has 0 spiro atoms. The van der Waals surface area contributed by atoms with Crippen molar-refractivity contribution in [3.63, 3.8) is 0 Å². The van der Waals surface area contributed by atoms with Gasteiger partial charge in [0.2, 0.25) is 0 Å². The number of anilines is 2. The summed E-state index contributed by atoms with van der Waals surface area (Å²) in [6, 6.07) is 20.0. The molecule has 4 aromatic rings. The number of nitrogens with one attached hydrogen (secondary N) is 1. The summed E-state index contributed by atoms with van der Waals surface area (Å²) in [6.45, 7) is 8.00. The monoisotopic (exact) mass is 584 g/mol. The summed E-state index contributed by atoms with van der Waals surface area (Å²) in [6.07, 6.45) is -0.798. The lowest BCUT2D eigenvalue weighted by atomic mass is 9.88. The molecule has 1 unspecified atom stereocenters. The van der Waals surface area contributed by atoms with Crippen molar-refractivity contribution in [1.82, 2.24) is 0 Å². The van der Waals surface area contributed by atoms with Gasteiger partial charge in [0.05, 0.1) is 28.9 Å². The molecule has 0 aliphatic carbocycles. The number of ether oxygens (including phenoxy) is 3. The molecule has 0 saturated heterocycles. The van der Waals surface area contributed by atoms with Crippen LogP contribution in [0.5, 0.6) is 11.5 Å². The van der Waals surface area contributed by atoms with E-state index >= 15 is 0 Å². The maximum atomic E-state index is 13.4. The molecular weight excluding hydrogens is 552 g/mol. The topological polar surface area (TPSA) is 94.2 Å². The summed E-state index contributed by atoms with van der Waals surface area (Å²) in [7, 11) is 3.25. The van der Waals surface area contributed by atoms with Gasteiger partial charge >= 0.3 is 5.97 Å². The summed E-state index contributed by atoms with van der Waals surface area (Å²) in [5, 5.41) is 3.35. The molecule has 5 rings (SSSR count). The van der Waals surface area contributed by atoms with Crippen molar-refractivity contribution >= 4 is 41.1 Å². The number of methoxy groups -OCH3 is 1. The van der Waals surface area contributed by atoms with Crippen molar-refractivity contribution < 1.29 is 28.6 Å². The summed E-state index contributed by atoms with van der Waals surface area (Å²) in [5.74, 6) is 0.133. The number of aryl methyl sites for hydroxylation is 2. The minimum absolute atomic E-state index is 0.133. The first kappa shape index (κ1) is 28.9. The zero-order valence-electron chi connectivity index (χ0n) is 24.3. The first-order chi connectivity index (χ1) is 20.0. The van der Waals surface area contributed by atoms with E-state index < -0.39 is 17.6 Å². The number of thiophene rings is 1.